The number of amides is 1. The van der Waals surface area contributed by atoms with Crippen molar-refractivity contribution in [3.63, 3.8) is 0 Å². The van der Waals surface area contributed by atoms with Crippen LogP contribution in [-0.2, 0) is 24.8 Å². The number of hydrogen-bond acceptors (Lipinski definition) is 7. The Kier molecular flexibility index (Phi) is 8.34. The summed E-state index contributed by atoms with van der Waals surface area (Å²) in [5, 5.41) is 2.61. The van der Waals surface area contributed by atoms with Crippen LogP contribution in [0.5, 0.6) is 11.5 Å². The lowest BCUT2D eigenvalue weighted by Crippen LogP contribution is -2.37. The minimum absolute atomic E-state index is 0.0525. The van der Waals surface area contributed by atoms with E-state index in [2.05, 4.69) is 10.0 Å². The van der Waals surface area contributed by atoms with Gasteiger partial charge in [-0.2, -0.15) is 0 Å². The molecule has 0 saturated heterocycles. The van der Waals surface area contributed by atoms with E-state index in [-0.39, 0.29) is 10.6 Å². The molecule has 12 heteroatoms. The van der Waals surface area contributed by atoms with Gasteiger partial charge in [-0.05, 0) is 73.5 Å². The van der Waals surface area contributed by atoms with Crippen LogP contribution in [0.25, 0.3) is 0 Å². The molecule has 0 fully saturated rings. The highest BCUT2D eigenvalue weighted by Crippen LogP contribution is 2.31. The first-order valence-corrected chi connectivity index (χ1v) is 14.4. The fraction of sp³-hybridized carbons (Fsp3) is 0.240. The molecular weight excluding hydrogens is 518 g/mol. The van der Waals surface area contributed by atoms with Gasteiger partial charge in [0.25, 0.3) is 10.0 Å². The number of rotatable bonds is 10. The third-order valence-electron chi connectivity index (χ3n) is 5.57. The Morgan fingerprint density at radius 1 is 0.865 bits per heavy atom. The minimum atomic E-state index is -3.98. The van der Waals surface area contributed by atoms with Gasteiger partial charge in [-0.1, -0.05) is 6.07 Å². The Bertz CT molecular complexity index is 1500. The minimum Gasteiger partial charge on any atom is -0.497 e. The lowest BCUT2D eigenvalue weighted by Gasteiger charge is -2.22. The lowest BCUT2D eigenvalue weighted by atomic mass is 10.1. The summed E-state index contributed by atoms with van der Waals surface area (Å²) in [4.78, 5) is 12.6. The van der Waals surface area contributed by atoms with Crippen LogP contribution < -0.4 is 23.8 Å². The largest absolute Gasteiger partial charge is 0.497 e. The number of nitrogens with one attached hydrogen (secondary N) is 2. The van der Waals surface area contributed by atoms with Gasteiger partial charge in [0.1, 0.15) is 18.0 Å². The van der Waals surface area contributed by atoms with Crippen LogP contribution in [0.4, 0.5) is 17.1 Å². The Labute approximate surface area is 217 Å². The number of hydrogen-bond donors (Lipinski definition) is 2. The predicted molar refractivity (Wildman–Crippen MR) is 144 cm³/mol. The molecule has 0 saturated carbocycles. The molecule has 3 aromatic carbocycles. The van der Waals surface area contributed by atoms with Gasteiger partial charge in [0.2, 0.25) is 15.9 Å². The van der Waals surface area contributed by atoms with Gasteiger partial charge >= 0.3 is 0 Å². The normalized spacial score (nSPS) is 11.5. The molecule has 0 atom stereocenters. The number of ether oxygens (including phenoxy) is 2. The van der Waals surface area contributed by atoms with Gasteiger partial charge in [-0.15, -0.1) is 0 Å². The third kappa shape index (κ3) is 6.92. The highest BCUT2D eigenvalue weighted by atomic mass is 32.2. The van der Waals surface area contributed by atoms with Gasteiger partial charge in [0.05, 0.1) is 36.7 Å². The first-order chi connectivity index (χ1) is 17.3. The molecule has 0 spiro atoms. The van der Waals surface area contributed by atoms with Crippen LogP contribution >= 0.6 is 0 Å². The van der Waals surface area contributed by atoms with Crippen molar-refractivity contribution in [1.82, 2.24) is 0 Å². The highest BCUT2D eigenvalue weighted by Gasteiger charge is 2.22. The zero-order chi connectivity index (χ0) is 27.4. The van der Waals surface area contributed by atoms with Crippen LogP contribution in [0.15, 0.2) is 65.6 Å². The second-order valence-electron chi connectivity index (χ2n) is 8.28. The van der Waals surface area contributed by atoms with Gasteiger partial charge in [-0.3, -0.25) is 13.8 Å². The molecule has 10 nitrogen and oxygen atoms in total. The van der Waals surface area contributed by atoms with Crippen molar-refractivity contribution in [2.75, 3.05) is 41.4 Å². The standard InChI is InChI=1S/C25H29N3O7S2/c1-17-6-9-20(14-18(17)2)28(36(5,30)31)16-25(29)26-19-7-11-22(12-8-19)37(32,33)27-23-15-21(34-3)10-13-24(23)35-4/h6-15,27H,16H2,1-5H3,(H,26,29). The average Bonchev–Trinajstić information content (AvgIpc) is 2.83. The number of carbonyl (C=O) groups excluding carboxylic acids is 1. The van der Waals surface area contributed by atoms with E-state index in [0.717, 1.165) is 21.7 Å². The van der Waals surface area contributed by atoms with E-state index in [1.54, 1.807) is 30.3 Å². The SMILES string of the molecule is COc1ccc(OC)c(NS(=O)(=O)c2ccc(NC(=O)CN(c3ccc(C)c(C)c3)S(C)(=O)=O)cc2)c1. The van der Waals surface area contributed by atoms with Crippen molar-refractivity contribution in [3.8, 4) is 11.5 Å². The summed E-state index contributed by atoms with van der Waals surface area (Å²) in [6.07, 6.45) is 1.03. The zero-order valence-electron chi connectivity index (χ0n) is 21.1. The number of nitrogens with zero attached hydrogens (tertiary/aromatic N) is 1. The van der Waals surface area contributed by atoms with Crippen LogP contribution in [0.2, 0.25) is 0 Å². The molecule has 2 N–H and O–H groups in total. The highest BCUT2D eigenvalue weighted by molar-refractivity contribution is 7.92. The lowest BCUT2D eigenvalue weighted by molar-refractivity contribution is -0.114. The molecular formula is C25H29N3O7S2. The van der Waals surface area contributed by atoms with Crippen molar-refractivity contribution in [2.24, 2.45) is 0 Å². The molecule has 0 aliphatic heterocycles. The Morgan fingerprint density at radius 3 is 2.11 bits per heavy atom. The van der Waals surface area contributed by atoms with Gasteiger partial charge < -0.3 is 14.8 Å². The topological polar surface area (TPSA) is 131 Å². The van der Waals surface area contributed by atoms with Crippen LogP contribution in [-0.4, -0.2) is 49.8 Å². The van der Waals surface area contributed by atoms with E-state index in [4.69, 9.17) is 9.47 Å². The number of benzene rings is 3. The first-order valence-electron chi connectivity index (χ1n) is 11.0. The van der Waals surface area contributed by atoms with Crippen LogP contribution in [0.3, 0.4) is 0 Å². The summed E-state index contributed by atoms with van der Waals surface area (Å²) >= 11 is 0. The van der Waals surface area contributed by atoms with E-state index in [1.165, 1.54) is 44.6 Å². The Hall–Kier alpha value is -3.77. The maximum Gasteiger partial charge on any atom is 0.262 e. The molecule has 198 valence electrons. The van der Waals surface area contributed by atoms with E-state index in [0.29, 0.717) is 22.9 Å². The Morgan fingerprint density at radius 2 is 1.54 bits per heavy atom. The summed E-state index contributed by atoms with van der Waals surface area (Å²) < 4.78 is 64.4. The summed E-state index contributed by atoms with van der Waals surface area (Å²) in [7, 11) is -4.84. The summed E-state index contributed by atoms with van der Waals surface area (Å²) in [6.45, 7) is 3.32. The maximum absolute atomic E-state index is 12.9. The fourth-order valence-corrected chi connectivity index (χ4v) is 5.34. The molecule has 0 unspecified atom stereocenters. The van der Waals surface area contributed by atoms with E-state index >= 15 is 0 Å². The van der Waals surface area contributed by atoms with Crippen molar-refractivity contribution < 1.29 is 31.1 Å². The number of methoxy groups -OCH3 is 2. The van der Waals surface area contributed by atoms with Crippen LogP contribution in [0, 0.1) is 13.8 Å². The quantitative estimate of drug-likeness (QED) is 0.397. The number of aryl methyl sites for hydroxylation is 2. The molecule has 1 amide bonds. The smallest absolute Gasteiger partial charge is 0.262 e. The van der Waals surface area contributed by atoms with E-state index < -0.39 is 32.5 Å². The molecule has 0 aliphatic rings. The summed E-state index contributed by atoms with van der Waals surface area (Å²) in [5.74, 6) is 0.173. The summed E-state index contributed by atoms with van der Waals surface area (Å²) in [6, 6.07) is 15.3. The average molecular weight is 548 g/mol. The molecule has 0 bridgehead atoms. The summed E-state index contributed by atoms with van der Waals surface area (Å²) in [5.41, 5.74) is 2.77. The second kappa shape index (κ2) is 11.1. The van der Waals surface area contributed by atoms with Crippen molar-refractivity contribution in [3.05, 3.63) is 71.8 Å². The second-order valence-corrected chi connectivity index (χ2v) is 11.9. The predicted octanol–water partition coefficient (Wildman–Crippen LogP) is 3.53. The fourth-order valence-electron chi connectivity index (χ4n) is 3.43. The van der Waals surface area contributed by atoms with Gasteiger partial charge in [0, 0.05) is 11.8 Å². The van der Waals surface area contributed by atoms with Gasteiger partial charge in [0.15, 0.2) is 0 Å². The van der Waals surface area contributed by atoms with Crippen molar-refractivity contribution in [1.29, 1.82) is 0 Å². The van der Waals surface area contributed by atoms with Gasteiger partial charge in [-0.25, -0.2) is 16.8 Å². The molecule has 3 rings (SSSR count). The molecule has 0 aromatic heterocycles. The van der Waals surface area contributed by atoms with Crippen LogP contribution in [0.1, 0.15) is 11.1 Å². The first kappa shape index (κ1) is 27.8. The monoisotopic (exact) mass is 547 g/mol. The van der Waals surface area contributed by atoms with Crippen molar-refractivity contribution in [2.45, 2.75) is 18.7 Å². The van der Waals surface area contributed by atoms with E-state index in [9.17, 15) is 21.6 Å². The molecule has 0 aliphatic carbocycles. The number of carbonyl (C=O) groups is 1. The molecule has 3 aromatic rings. The molecule has 37 heavy (non-hydrogen) atoms. The molecule has 0 radical (unpaired) electrons. The molecule has 0 heterocycles. The van der Waals surface area contributed by atoms with Crippen molar-refractivity contribution >= 4 is 43.0 Å². The zero-order valence-corrected chi connectivity index (χ0v) is 22.7. The maximum atomic E-state index is 12.9. The number of anilines is 3. The van der Waals surface area contributed by atoms with E-state index in [1.807, 2.05) is 13.8 Å². The number of sulfonamides is 2. The Balaban J connectivity index is 1.75. The third-order valence-corrected chi connectivity index (χ3v) is 8.09.